The average molecular weight is 295 g/mol. The van der Waals surface area contributed by atoms with E-state index in [1.807, 2.05) is 16.8 Å². The Morgan fingerprint density at radius 2 is 2.35 bits per heavy atom. The van der Waals surface area contributed by atoms with E-state index in [0.717, 1.165) is 28.6 Å². The van der Waals surface area contributed by atoms with Gasteiger partial charge in [0.25, 0.3) is 0 Å². The highest BCUT2D eigenvalue weighted by molar-refractivity contribution is 9.10. The van der Waals surface area contributed by atoms with E-state index < -0.39 is 0 Å². The number of nitrogens with zero attached hydrogens (tertiary/aromatic N) is 4. The van der Waals surface area contributed by atoms with Crippen molar-refractivity contribution in [3.05, 3.63) is 22.7 Å². The number of fused-ring (bicyclic) bond motifs is 1. The van der Waals surface area contributed by atoms with Gasteiger partial charge in [0.05, 0.1) is 5.52 Å². The van der Waals surface area contributed by atoms with E-state index in [-0.39, 0.29) is 0 Å². The number of benzene rings is 1. The van der Waals surface area contributed by atoms with E-state index in [2.05, 4.69) is 44.3 Å². The quantitative estimate of drug-likeness (QED) is 0.851. The van der Waals surface area contributed by atoms with Gasteiger partial charge in [0.15, 0.2) is 0 Å². The molecule has 1 fully saturated rings. The molecule has 3 rings (SSSR count). The first-order valence-electron chi connectivity index (χ1n) is 5.90. The van der Waals surface area contributed by atoms with E-state index in [0.29, 0.717) is 5.92 Å². The third kappa shape index (κ3) is 2.09. The molecule has 1 aliphatic rings. The Kier molecular flexibility index (Phi) is 2.88. The van der Waals surface area contributed by atoms with Crippen LogP contribution in [0.25, 0.3) is 11.0 Å². The molecule has 0 radical (unpaired) electrons. The molecule has 2 aromatic rings. The number of rotatable bonds is 2. The summed E-state index contributed by atoms with van der Waals surface area (Å²) in [6.45, 7) is 3.33. The van der Waals surface area contributed by atoms with Gasteiger partial charge in [-0.05, 0) is 54.0 Å². The fraction of sp³-hybridized carbons (Fsp3) is 0.500. The summed E-state index contributed by atoms with van der Waals surface area (Å²) in [5.41, 5.74) is 2.08. The number of likely N-dealkylation sites (tertiary alicyclic amines) is 1. The number of hydrogen-bond donors (Lipinski definition) is 0. The molecule has 1 aliphatic heterocycles. The molecular formula is C12H15BrN4. The van der Waals surface area contributed by atoms with Crippen LogP contribution >= 0.6 is 15.9 Å². The average Bonchev–Trinajstić information content (AvgIpc) is 2.88. The highest BCUT2D eigenvalue weighted by Crippen LogP contribution is 2.23. The second-order valence-electron chi connectivity index (χ2n) is 4.80. The predicted octanol–water partition coefficient (Wildman–Crippen LogP) is 2.15. The van der Waals surface area contributed by atoms with Gasteiger partial charge in [-0.15, -0.1) is 5.10 Å². The molecule has 1 atom stereocenters. The maximum absolute atomic E-state index is 4.26. The largest absolute Gasteiger partial charge is 0.306 e. The molecule has 90 valence electrons. The van der Waals surface area contributed by atoms with Gasteiger partial charge in [-0.2, -0.15) is 0 Å². The van der Waals surface area contributed by atoms with Crippen molar-refractivity contribution < 1.29 is 0 Å². The van der Waals surface area contributed by atoms with Crippen LogP contribution in [-0.2, 0) is 6.54 Å². The molecule has 0 amide bonds. The standard InChI is InChI=1S/C12H15BrN4/c1-16-6-5-9(7-16)8-17-11-4-2-3-10(13)12(11)14-15-17/h2-4,9H,5-8H2,1H3. The molecule has 17 heavy (non-hydrogen) atoms. The van der Waals surface area contributed by atoms with Gasteiger partial charge in [0.1, 0.15) is 5.52 Å². The fourth-order valence-corrected chi connectivity index (χ4v) is 2.95. The lowest BCUT2D eigenvalue weighted by atomic mass is 10.1. The van der Waals surface area contributed by atoms with Crippen molar-refractivity contribution in [2.75, 3.05) is 20.1 Å². The zero-order chi connectivity index (χ0) is 11.8. The number of halogens is 1. The summed E-state index contributed by atoms with van der Waals surface area (Å²) in [5.74, 6) is 0.698. The van der Waals surface area contributed by atoms with E-state index in [4.69, 9.17) is 0 Å². The maximum atomic E-state index is 4.26. The van der Waals surface area contributed by atoms with Crippen molar-refractivity contribution in [2.24, 2.45) is 5.92 Å². The van der Waals surface area contributed by atoms with E-state index in [1.54, 1.807) is 0 Å². The lowest BCUT2D eigenvalue weighted by Gasteiger charge is -2.10. The second kappa shape index (κ2) is 4.38. The van der Waals surface area contributed by atoms with Crippen molar-refractivity contribution >= 4 is 27.0 Å². The molecule has 0 saturated carbocycles. The van der Waals surface area contributed by atoms with Crippen LogP contribution in [0.15, 0.2) is 22.7 Å². The van der Waals surface area contributed by atoms with Crippen molar-refractivity contribution in [3.63, 3.8) is 0 Å². The van der Waals surface area contributed by atoms with Crippen LogP contribution in [-0.4, -0.2) is 40.0 Å². The summed E-state index contributed by atoms with van der Waals surface area (Å²) in [4.78, 5) is 2.37. The lowest BCUT2D eigenvalue weighted by Crippen LogP contribution is -2.17. The monoisotopic (exact) mass is 294 g/mol. The summed E-state index contributed by atoms with van der Waals surface area (Å²) in [5, 5.41) is 8.49. The van der Waals surface area contributed by atoms with Crippen LogP contribution in [0.1, 0.15) is 6.42 Å². The molecule has 4 nitrogen and oxygen atoms in total. The SMILES string of the molecule is CN1CCC(Cn2nnc3c(Br)cccc32)C1. The third-order valence-electron chi connectivity index (χ3n) is 3.42. The molecule has 2 heterocycles. The highest BCUT2D eigenvalue weighted by atomic mass is 79.9. The molecule has 0 N–H and O–H groups in total. The molecule has 0 aliphatic carbocycles. The Balaban J connectivity index is 1.88. The summed E-state index contributed by atoms with van der Waals surface area (Å²) >= 11 is 3.51. The van der Waals surface area contributed by atoms with Gasteiger partial charge in [-0.3, -0.25) is 0 Å². The van der Waals surface area contributed by atoms with E-state index in [1.165, 1.54) is 13.0 Å². The van der Waals surface area contributed by atoms with E-state index >= 15 is 0 Å². The van der Waals surface area contributed by atoms with Crippen LogP contribution in [0.5, 0.6) is 0 Å². The minimum absolute atomic E-state index is 0.698. The predicted molar refractivity (Wildman–Crippen MR) is 70.8 cm³/mol. The van der Waals surface area contributed by atoms with Crippen molar-refractivity contribution in [1.82, 2.24) is 19.9 Å². The molecule has 5 heteroatoms. The van der Waals surface area contributed by atoms with E-state index in [9.17, 15) is 0 Å². The maximum Gasteiger partial charge on any atom is 0.127 e. The summed E-state index contributed by atoms with van der Waals surface area (Å²) in [7, 11) is 2.18. The van der Waals surface area contributed by atoms with Crippen LogP contribution in [0.4, 0.5) is 0 Å². The number of hydrogen-bond acceptors (Lipinski definition) is 3. The Labute approximate surface area is 109 Å². The topological polar surface area (TPSA) is 34.0 Å². The smallest absolute Gasteiger partial charge is 0.127 e. The van der Waals surface area contributed by atoms with Crippen LogP contribution in [0.3, 0.4) is 0 Å². The van der Waals surface area contributed by atoms with Gasteiger partial charge in [0, 0.05) is 17.6 Å². The molecular weight excluding hydrogens is 280 g/mol. The van der Waals surface area contributed by atoms with Gasteiger partial charge >= 0.3 is 0 Å². The molecule has 0 bridgehead atoms. The number of aromatic nitrogens is 3. The molecule has 1 aromatic heterocycles. The fourth-order valence-electron chi connectivity index (χ4n) is 2.51. The van der Waals surface area contributed by atoms with Crippen LogP contribution in [0.2, 0.25) is 0 Å². The molecule has 0 spiro atoms. The Morgan fingerprint density at radius 3 is 3.12 bits per heavy atom. The third-order valence-corrected chi connectivity index (χ3v) is 4.06. The normalized spacial score (nSPS) is 21.4. The highest BCUT2D eigenvalue weighted by Gasteiger charge is 2.21. The molecule has 1 unspecified atom stereocenters. The Hall–Kier alpha value is -0.940. The van der Waals surface area contributed by atoms with Gasteiger partial charge < -0.3 is 4.90 Å². The van der Waals surface area contributed by atoms with Crippen molar-refractivity contribution in [2.45, 2.75) is 13.0 Å². The first-order chi connectivity index (χ1) is 8.24. The zero-order valence-electron chi connectivity index (χ0n) is 9.80. The van der Waals surface area contributed by atoms with Crippen molar-refractivity contribution in [3.8, 4) is 0 Å². The van der Waals surface area contributed by atoms with Crippen LogP contribution in [0, 0.1) is 5.92 Å². The lowest BCUT2D eigenvalue weighted by molar-refractivity contribution is 0.370. The molecule has 1 saturated heterocycles. The first kappa shape index (κ1) is 11.2. The van der Waals surface area contributed by atoms with Crippen LogP contribution < -0.4 is 0 Å². The van der Waals surface area contributed by atoms with Gasteiger partial charge in [0.2, 0.25) is 0 Å². The first-order valence-corrected chi connectivity index (χ1v) is 6.69. The minimum Gasteiger partial charge on any atom is -0.306 e. The van der Waals surface area contributed by atoms with Crippen molar-refractivity contribution in [1.29, 1.82) is 0 Å². The molecule has 1 aromatic carbocycles. The zero-order valence-corrected chi connectivity index (χ0v) is 11.4. The summed E-state index contributed by atoms with van der Waals surface area (Å²) in [6, 6.07) is 6.12. The summed E-state index contributed by atoms with van der Waals surface area (Å²) in [6.07, 6.45) is 1.26. The van der Waals surface area contributed by atoms with Gasteiger partial charge in [-0.25, -0.2) is 4.68 Å². The second-order valence-corrected chi connectivity index (χ2v) is 5.65. The Bertz CT molecular complexity index is 536. The minimum atomic E-state index is 0.698. The Morgan fingerprint density at radius 1 is 1.47 bits per heavy atom. The summed E-state index contributed by atoms with van der Waals surface area (Å²) < 4.78 is 3.05. The van der Waals surface area contributed by atoms with Gasteiger partial charge in [-0.1, -0.05) is 11.3 Å².